The molecule has 1 saturated heterocycles. The van der Waals surface area contributed by atoms with Crippen LogP contribution in [0.4, 0.5) is 10.1 Å². The lowest BCUT2D eigenvalue weighted by Crippen LogP contribution is -2.43. The molecule has 0 saturated carbocycles. The Morgan fingerprint density at radius 3 is 2.32 bits per heavy atom. The van der Waals surface area contributed by atoms with E-state index in [-0.39, 0.29) is 33.7 Å². The minimum absolute atomic E-state index is 0.0225. The van der Waals surface area contributed by atoms with Crippen molar-refractivity contribution in [1.29, 1.82) is 0 Å². The summed E-state index contributed by atoms with van der Waals surface area (Å²) in [5, 5.41) is 1.64. The summed E-state index contributed by atoms with van der Waals surface area (Å²) in [4.78, 5) is 14.6. The third-order valence-electron chi connectivity index (χ3n) is 6.51. The number of halogens is 2. The molecular weight excluding hydrogens is 549 g/mol. The van der Waals surface area contributed by atoms with Crippen LogP contribution < -0.4 is 4.90 Å². The number of benzene rings is 4. The summed E-state index contributed by atoms with van der Waals surface area (Å²) in [5.74, 6) is -1.55. The van der Waals surface area contributed by atoms with Gasteiger partial charge in [0.15, 0.2) is 24.9 Å². The molecule has 1 aliphatic heterocycles. The number of rotatable bonds is 5. The van der Waals surface area contributed by atoms with E-state index in [2.05, 4.69) is 0 Å². The number of piperidine rings is 1. The Hall–Kier alpha value is -3.27. The van der Waals surface area contributed by atoms with Gasteiger partial charge < -0.3 is 4.90 Å². The maximum absolute atomic E-state index is 15.4. The van der Waals surface area contributed by atoms with Crippen molar-refractivity contribution in [2.24, 2.45) is 0 Å². The average molecular weight is 571 g/mol. The third-order valence-corrected chi connectivity index (χ3v) is 9.81. The van der Waals surface area contributed by atoms with Crippen molar-refractivity contribution in [2.75, 3.05) is 17.7 Å². The van der Waals surface area contributed by atoms with E-state index in [1.165, 1.54) is 30.3 Å². The Balaban J connectivity index is 1.47. The van der Waals surface area contributed by atoms with E-state index < -0.39 is 31.4 Å². The smallest absolute Gasteiger partial charge is 0.251 e. The molecule has 0 unspecified atom stereocenters. The highest BCUT2D eigenvalue weighted by atomic mass is 35.5. The fourth-order valence-corrected chi connectivity index (χ4v) is 7.32. The predicted octanol–water partition coefficient (Wildman–Crippen LogP) is 5.84. The molecule has 0 aliphatic carbocycles. The van der Waals surface area contributed by atoms with E-state index in [0.29, 0.717) is 28.0 Å². The highest BCUT2D eigenvalue weighted by Crippen LogP contribution is 2.37. The zero-order valence-electron chi connectivity index (χ0n) is 20.2. The molecule has 4 aromatic rings. The summed E-state index contributed by atoms with van der Waals surface area (Å²) in [5.41, 5.74) is 0.582. The Labute approximate surface area is 225 Å². The van der Waals surface area contributed by atoms with Gasteiger partial charge in [-0.15, -0.1) is 0 Å². The third kappa shape index (κ3) is 4.81. The summed E-state index contributed by atoms with van der Waals surface area (Å²) in [6.07, 6.45) is 1.45. The number of nitrogens with zero attached hydrogens (tertiary/aromatic N) is 1. The van der Waals surface area contributed by atoms with E-state index in [9.17, 15) is 21.6 Å². The van der Waals surface area contributed by atoms with Crippen LogP contribution in [0.5, 0.6) is 0 Å². The van der Waals surface area contributed by atoms with Crippen LogP contribution in [0, 0.1) is 11.1 Å². The van der Waals surface area contributed by atoms with Crippen LogP contribution in [0.1, 0.15) is 12.8 Å². The highest BCUT2D eigenvalue weighted by molar-refractivity contribution is 7.95. The minimum atomic E-state index is -4.14. The molecule has 10 heteroatoms. The highest BCUT2D eigenvalue weighted by Gasteiger charge is 2.41. The molecule has 0 spiro atoms. The Morgan fingerprint density at radius 2 is 1.58 bits per heavy atom. The average Bonchev–Trinajstić information content (AvgIpc) is 2.88. The van der Waals surface area contributed by atoms with E-state index in [1.54, 1.807) is 42.5 Å². The molecule has 1 radical (unpaired) electrons. The van der Waals surface area contributed by atoms with E-state index in [0.717, 1.165) is 22.6 Å². The molecule has 1 heterocycles. The number of hydrogen-bond donors (Lipinski definition) is 0. The lowest BCUT2D eigenvalue weighted by Gasteiger charge is -2.31. The fourth-order valence-electron chi connectivity index (χ4n) is 4.66. The molecule has 1 aliphatic rings. The van der Waals surface area contributed by atoms with Crippen molar-refractivity contribution >= 4 is 53.6 Å². The number of hydrogen-bond acceptors (Lipinski definition) is 5. The van der Waals surface area contributed by atoms with Crippen molar-refractivity contribution < 1.29 is 26.0 Å². The summed E-state index contributed by atoms with van der Waals surface area (Å²) in [6, 6.07) is 19.9. The van der Waals surface area contributed by atoms with Gasteiger partial charge in [-0.1, -0.05) is 48.0 Å². The van der Waals surface area contributed by atoms with E-state index >= 15 is 4.39 Å². The maximum atomic E-state index is 15.4. The van der Waals surface area contributed by atoms with Crippen molar-refractivity contribution in [2.45, 2.75) is 22.6 Å². The molecule has 0 N–H and O–H groups in total. The van der Waals surface area contributed by atoms with Gasteiger partial charge in [-0.3, -0.25) is 4.79 Å². The summed E-state index contributed by atoms with van der Waals surface area (Å²) < 4.78 is 66.7. The predicted molar refractivity (Wildman–Crippen MR) is 146 cm³/mol. The van der Waals surface area contributed by atoms with Crippen LogP contribution in [0.25, 0.3) is 21.9 Å². The molecular formula is C28H22ClFNO5S2. The van der Waals surface area contributed by atoms with Crippen molar-refractivity contribution in [3.8, 4) is 11.1 Å². The number of sulfone groups is 2. The van der Waals surface area contributed by atoms with Gasteiger partial charge in [-0.05, 0) is 71.6 Å². The van der Waals surface area contributed by atoms with Crippen LogP contribution in [0.3, 0.4) is 0 Å². The fraction of sp³-hybridized carbons (Fsp3) is 0.143. The number of carbonyl (C=O) groups excluding carboxylic acids is 1. The van der Waals surface area contributed by atoms with Gasteiger partial charge in [0.2, 0.25) is 0 Å². The molecule has 6 nitrogen and oxygen atoms in total. The SMILES string of the molecule is CS(=O)(=O)c1ccccc1-c1ccc(N2CCC[C](S(=O)(=O)c3ccc4cc(Cl)ccc4c3)C2=O)c(F)c1. The van der Waals surface area contributed by atoms with Crippen LogP contribution in [0.2, 0.25) is 5.02 Å². The second-order valence-electron chi connectivity index (χ2n) is 9.07. The number of amides is 1. The van der Waals surface area contributed by atoms with Crippen molar-refractivity contribution in [3.05, 3.63) is 95.0 Å². The second-order valence-corrected chi connectivity index (χ2v) is 13.5. The minimum Gasteiger partial charge on any atom is -0.308 e. The zero-order valence-corrected chi connectivity index (χ0v) is 22.6. The molecule has 1 fully saturated rings. The molecule has 195 valence electrons. The normalized spacial score (nSPS) is 15.2. The van der Waals surface area contributed by atoms with Crippen LogP contribution in [-0.4, -0.2) is 35.5 Å². The van der Waals surface area contributed by atoms with Gasteiger partial charge in [0, 0.05) is 23.4 Å². The first-order valence-corrected chi connectivity index (χ1v) is 15.4. The van der Waals surface area contributed by atoms with Gasteiger partial charge in [0.25, 0.3) is 5.91 Å². The molecule has 4 aromatic carbocycles. The summed E-state index contributed by atoms with van der Waals surface area (Å²) >= 11 is 6.02. The molecule has 0 atom stereocenters. The molecule has 38 heavy (non-hydrogen) atoms. The lowest BCUT2D eigenvalue weighted by molar-refractivity contribution is -0.116. The second kappa shape index (κ2) is 9.80. The zero-order chi connectivity index (χ0) is 27.2. The van der Waals surface area contributed by atoms with Gasteiger partial charge >= 0.3 is 0 Å². The van der Waals surface area contributed by atoms with Crippen LogP contribution in [0.15, 0.2) is 88.7 Å². The van der Waals surface area contributed by atoms with Crippen LogP contribution >= 0.6 is 11.6 Å². The summed E-state index contributed by atoms with van der Waals surface area (Å²) in [6.45, 7) is 0.143. The molecule has 5 rings (SSSR count). The Kier molecular flexibility index (Phi) is 6.79. The molecule has 0 aromatic heterocycles. The summed E-state index contributed by atoms with van der Waals surface area (Å²) in [7, 11) is -7.70. The van der Waals surface area contributed by atoms with Gasteiger partial charge in [0.05, 0.1) is 15.5 Å². The largest absolute Gasteiger partial charge is 0.308 e. The maximum Gasteiger partial charge on any atom is 0.251 e. The first kappa shape index (κ1) is 26.3. The first-order valence-electron chi connectivity index (χ1n) is 11.7. The first-order chi connectivity index (χ1) is 18.0. The van der Waals surface area contributed by atoms with Gasteiger partial charge in [0.1, 0.15) is 5.82 Å². The molecule has 1 amide bonds. The lowest BCUT2D eigenvalue weighted by atomic mass is 10.0. The number of anilines is 1. The Bertz CT molecular complexity index is 1810. The monoisotopic (exact) mass is 570 g/mol. The van der Waals surface area contributed by atoms with Crippen LogP contribution in [-0.2, 0) is 24.5 Å². The standard InChI is InChI=1S/C28H22ClFNO5S2/c1-37(33,34)26-6-3-2-5-23(26)20-10-13-25(24(30)17-20)31-14-4-7-27(28(31)32)38(35,36)22-12-9-18-15-21(29)11-8-19(18)16-22/h2-3,5-6,8-13,15-17H,4,7,14H2,1H3. The van der Waals surface area contributed by atoms with E-state index in [1.807, 2.05) is 0 Å². The van der Waals surface area contributed by atoms with Gasteiger partial charge in [-0.25, -0.2) is 21.2 Å². The van der Waals surface area contributed by atoms with E-state index in [4.69, 9.17) is 11.6 Å². The van der Waals surface area contributed by atoms with Crippen molar-refractivity contribution in [1.82, 2.24) is 0 Å². The van der Waals surface area contributed by atoms with Crippen molar-refractivity contribution in [3.63, 3.8) is 0 Å². The topological polar surface area (TPSA) is 88.6 Å². The molecule has 0 bridgehead atoms. The Morgan fingerprint density at radius 1 is 0.868 bits per heavy atom. The number of carbonyl (C=O) groups is 1. The van der Waals surface area contributed by atoms with Gasteiger partial charge in [-0.2, -0.15) is 0 Å². The quantitative estimate of drug-likeness (QED) is 0.301. The number of fused-ring (bicyclic) bond motifs is 1.